The maximum absolute atomic E-state index is 13.1. The van der Waals surface area contributed by atoms with Crippen LogP contribution in [0.2, 0.25) is 0 Å². The van der Waals surface area contributed by atoms with Gasteiger partial charge in [0.25, 0.3) is 11.8 Å². The fourth-order valence-corrected chi connectivity index (χ4v) is 2.92. The maximum atomic E-state index is 13.1. The lowest BCUT2D eigenvalue weighted by atomic mass is 9.97. The normalized spacial score (nSPS) is 12.4. The Labute approximate surface area is 177 Å². The van der Waals surface area contributed by atoms with Gasteiger partial charge in [0.1, 0.15) is 11.8 Å². The van der Waals surface area contributed by atoms with Crippen LogP contribution in [0.15, 0.2) is 48.5 Å². The molecule has 2 aromatic carbocycles. The highest BCUT2D eigenvalue weighted by atomic mass is 16.5. The molecule has 0 spiro atoms. The number of carbonyl (C=O) groups is 3. The molecule has 0 fully saturated rings. The lowest BCUT2D eigenvalue weighted by Gasteiger charge is -2.24. The zero-order valence-corrected chi connectivity index (χ0v) is 18.1. The third-order valence-corrected chi connectivity index (χ3v) is 4.93. The van der Waals surface area contributed by atoms with Gasteiger partial charge in [0, 0.05) is 25.2 Å². The van der Waals surface area contributed by atoms with Crippen molar-refractivity contribution in [3.8, 4) is 5.75 Å². The highest BCUT2D eigenvalue weighted by Gasteiger charge is 2.27. The summed E-state index contributed by atoms with van der Waals surface area (Å²) in [7, 11) is 4.80. The van der Waals surface area contributed by atoms with E-state index in [4.69, 9.17) is 4.74 Å². The summed E-state index contributed by atoms with van der Waals surface area (Å²) in [4.78, 5) is 39.4. The number of rotatable bonds is 8. The van der Waals surface area contributed by atoms with Crippen molar-refractivity contribution in [2.45, 2.75) is 26.3 Å². The second-order valence-corrected chi connectivity index (χ2v) is 7.31. The minimum absolute atomic E-state index is 0.102. The number of benzene rings is 2. The van der Waals surface area contributed by atoms with Crippen LogP contribution >= 0.6 is 0 Å². The van der Waals surface area contributed by atoms with Crippen molar-refractivity contribution in [3.05, 3.63) is 59.7 Å². The summed E-state index contributed by atoms with van der Waals surface area (Å²) < 4.78 is 5.33. The van der Waals surface area contributed by atoms with Gasteiger partial charge in [0.2, 0.25) is 5.91 Å². The first kappa shape index (κ1) is 22.9. The second kappa shape index (κ2) is 10.4. The molecule has 2 unspecified atom stereocenters. The highest BCUT2D eigenvalue weighted by molar-refractivity contribution is 6.03. The standard InChI is InChI=1S/C23H29N3O4/c1-6-15(2)20(25-21(27)16-10-8-7-9-11-16)22(28)24-18-14-17(23(29)26(3)4)12-13-19(18)30-5/h7-15,20H,6H2,1-5H3,(H,24,28)(H,25,27). The molecule has 0 aliphatic rings. The smallest absolute Gasteiger partial charge is 0.253 e. The largest absolute Gasteiger partial charge is 0.495 e. The molecule has 0 aliphatic carbocycles. The Morgan fingerprint density at radius 1 is 1.03 bits per heavy atom. The highest BCUT2D eigenvalue weighted by Crippen LogP contribution is 2.26. The molecular formula is C23H29N3O4. The summed E-state index contributed by atoms with van der Waals surface area (Å²) >= 11 is 0. The van der Waals surface area contributed by atoms with E-state index in [0.29, 0.717) is 29.0 Å². The van der Waals surface area contributed by atoms with E-state index in [9.17, 15) is 14.4 Å². The van der Waals surface area contributed by atoms with Crippen molar-refractivity contribution in [1.82, 2.24) is 10.2 Å². The molecule has 0 aliphatic heterocycles. The molecule has 2 N–H and O–H groups in total. The van der Waals surface area contributed by atoms with Crippen LogP contribution in [0.4, 0.5) is 5.69 Å². The minimum Gasteiger partial charge on any atom is -0.495 e. The van der Waals surface area contributed by atoms with Gasteiger partial charge in [-0.1, -0.05) is 38.5 Å². The number of ether oxygens (including phenoxy) is 1. The van der Waals surface area contributed by atoms with Gasteiger partial charge in [-0.3, -0.25) is 14.4 Å². The lowest BCUT2D eigenvalue weighted by molar-refractivity contribution is -0.119. The van der Waals surface area contributed by atoms with Gasteiger partial charge in [0.15, 0.2) is 0 Å². The third-order valence-electron chi connectivity index (χ3n) is 4.93. The minimum atomic E-state index is -0.749. The Kier molecular flexibility index (Phi) is 7.98. The van der Waals surface area contributed by atoms with Crippen LogP contribution in [-0.4, -0.2) is 49.9 Å². The number of hydrogen-bond donors (Lipinski definition) is 2. The lowest BCUT2D eigenvalue weighted by Crippen LogP contribution is -2.47. The topological polar surface area (TPSA) is 87.7 Å². The summed E-state index contributed by atoms with van der Waals surface area (Å²) in [5.41, 5.74) is 1.27. The van der Waals surface area contributed by atoms with E-state index in [2.05, 4.69) is 10.6 Å². The molecule has 2 aromatic rings. The zero-order valence-electron chi connectivity index (χ0n) is 18.1. The van der Waals surface area contributed by atoms with Gasteiger partial charge in [-0.05, 0) is 36.2 Å². The maximum Gasteiger partial charge on any atom is 0.253 e. The first-order valence-electron chi connectivity index (χ1n) is 9.84. The number of amides is 3. The van der Waals surface area contributed by atoms with Crippen LogP contribution in [0.1, 0.15) is 41.0 Å². The molecule has 7 heteroatoms. The molecule has 7 nitrogen and oxygen atoms in total. The summed E-state index contributed by atoms with van der Waals surface area (Å²) in [5, 5.41) is 5.65. The molecule has 30 heavy (non-hydrogen) atoms. The van der Waals surface area contributed by atoms with Gasteiger partial charge in [-0.15, -0.1) is 0 Å². The van der Waals surface area contributed by atoms with Crippen molar-refractivity contribution in [2.24, 2.45) is 5.92 Å². The first-order valence-corrected chi connectivity index (χ1v) is 9.84. The Morgan fingerprint density at radius 3 is 2.27 bits per heavy atom. The molecule has 0 bridgehead atoms. The van der Waals surface area contributed by atoms with Gasteiger partial charge < -0.3 is 20.3 Å². The predicted octanol–water partition coefficient (Wildman–Crippen LogP) is 3.18. The van der Waals surface area contributed by atoms with Gasteiger partial charge >= 0.3 is 0 Å². The summed E-state index contributed by atoms with van der Waals surface area (Å²) in [5.74, 6) is -0.559. The Hall–Kier alpha value is -3.35. The van der Waals surface area contributed by atoms with Gasteiger partial charge in [-0.25, -0.2) is 0 Å². The monoisotopic (exact) mass is 411 g/mol. The van der Waals surface area contributed by atoms with Crippen molar-refractivity contribution < 1.29 is 19.1 Å². The molecule has 2 atom stereocenters. The molecule has 0 saturated carbocycles. The number of nitrogens with zero attached hydrogens (tertiary/aromatic N) is 1. The van der Waals surface area contributed by atoms with E-state index < -0.39 is 6.04 Å². The van der Waals surface area contributed by atoms with Crippen LogP contribution in [0.3, 0.4) is 0 Å². The van der Waals surface area contributed by atoms with E-state index in [-0.39, 0.29) is 23.6 Å². The van der Waals surface area contributed by atoms with Crippen LogP contribution in [0.25, 0.3) is 0 Å². The molecule has 2 rings (SSSR count). The third kappa shape index (κ3) is 5.59. The molecule has 160 valence electrons. The van der Waals surface area contributed by atoms with E-state index in [1.807, 2.05) is 19.9 Å². The quantitative estimate of drug-likeness (QED) is 0.698. The van der Waals surface area contributed by atoms with Crippen molar-refractivity contribution in [3.63, 3.8) is 0 Å². The Balaban J connectivity index is 2.27. The van der Waals surface area contributed by atoms with Gasteiger partial charge in [0.05, 0.1) is 12.8 Å². The number of anilines is 1. The molecule has 0 saturated heterocycles. The number of methoxy groups -OCH3 is 1. The van der Waals surface area contributed by atoms with Crippen LogP contribution in [0, 0.1) is 5.92 Å². The fraction of sp³-hybridized carbons (Fsp3) is 0.348. The average Bonchev–Trinajstić information content (AvgIpc) is 2.76. The van der Waals surface area contributed by atoms with Gasteiger partial charge in [-0.2, -0.15) is 0 Å². The Bertz CT molecular complexity index is 897. The van der Waals surface area contributed by atoms with Crippen molar-refractivity contribution in [1.29, 1.82) is 0 Å². The van der Waals surface area contributed by atoms with Crippen molar-refractivity contribution >= 4 is 23.4 Å². The molecule has 0 radical (unpaired) electrons. The molecule has 0 heterocycles. The van der Waals surface area contributed by atoms with E-state index >= 15 is 0 Å². The molecular weight excluding hydrogens is 382 g/mol. The summed E-state index contributed by atoms with van der Waals surface area (Å²) in [6.07, 6.45) is 0.698. The second-order valence-electron chi connectivity index (χ2n) is 7.31. The van der Waals surface area contributed by atoms with Crippen LogP contribution in [-0.2, 0) is 4.79 Å². The number of nitrogens with one attached hydrogen (secondary N) is 2. The summed E-state index contributed by atoms with van der Waals surface area (Å²) in [6.45, 7) is 3.86. The van der Waals surface area contributed by atoms with E-state index in [0.717, 1.165) is 0 Å². The zero-order chi connectivity index (χ0) is 22.3. The van der Waals surface area contributed by atoms with E-state index in [1.165, 1.54) is 12.0 Å². The van der Waals surface area contributed by atoms with Crippen LogP contribution < -0.4 is 15.4 Å². The summed E-state index contributed by atoms with van der Waals surface area (Å²) in [6, 6.07) is 12.8. The van der Waals surface area contributed by atoms with Crippen molar-refractivity contribution in [2.75, 3.05) is 26.5 Å². The fourth-order valence-electron chi connectivity index (χ4n) is 2.92. The van der Waals surface area contributed by atoms with Crippen LogP contribution in [0.5, 0.6) is 5.75 Å². The predicted molar refractivity (Wildman–Crippen MR) is 117 cm³/mol. The average molecular weight is 412 g/mol. The molecule has 0 aromatic heterocycles. The first-order chi connectivity index (χ1) is 14.3. The molecule has 3 amide bonds. The van der Waals surface area contributed by atoms with E-state index in [1.54, 1.807) is 56.6 Å². The Morgan fingerprint density at radius 2 is 1.70 bits per heavy atom. The SMILES string of the molecule is CCC(C)C(NC(=O)c1ccccc1)C(=O)Nc1cc(C(=O)N(C)C)ccc1OC. The number of hydrogen-bond acceptors (Lipinski definition) is 4. The number of carbonyl (C=O) groups excluding carboxylic acids is 3.